The van der Waals surface area contributed by atoms with E-state index >= 15 is 0 Å². The number of benzene rings is 1. The maximum absolute atomic E-state index is 6.23. The minimum absolute atomic E-state index is 0.163. The van der Waals surface area contributed by atoms with Crippen molar-refractivity contribution >= 4 is 51.2 Å². The maximum Gasteiger partial charge on any atom is 0.320 e. The summed E-state index contributed by atoms with van der Waals surface area (Å²) < 4.78 is 18.6. The SMILES string of the molecule is COCCOc1nc(N)c2nc(OC)n(Cc3ccc(I)c(Cl)c3)c2n1. The van der Waals surface area contributed by atoms with E-state index in [2.05, 4.69) is 37.5 Å². The molecule has 8 nitrogen and oxygen atoms in total. The van der Waals surface area contributed by atoms with Crippen LogP contribution >= 0.6 is 34.2 Å². The van der Waals surface area contributed by atoms with E-state index in [1.165, 1.54) is 7.11 Å². The third kappa shape index (κ3) is 3.94. The number of nitrogen functional groups attached to an aromatic ring is 1. The summed E-state index contributed by atoms with van der Waals surface area (Å²) in [4.78, 5) is 12.9. The maximum atomic E-state index is 6.23. The number of hydrogen-bond acceptors (Lipinski definition) is 7. The Balaban J connectivity index is 2.02. The topological polar surface area (TPSA) is 97.3 Å². The summed E-state index contributed by atoms with van der Waals surface area (Å²) in [5.74, 6) is 0.222. The Morgan fingerprint density at radius 3 is 2.69 bits per heavy atom. The average Bonchev–Trinajstić information content (AvgIpc) is 2.97. The molecule has 2 heterocycles. The fraction of sp³-hybridized carbons (Fsp3) is 0.312. The Kier molecular flexibility index (Phi) is 5.99. The van der Waals surface area contributed by atoms with Crippen molar-refractivity contribution in [3.05, 3.63) is 32.4 Å². The fourth-order valence-corrected chi connectivity index (χ4v) is 2.92. The van der Waals surface area contributed by atoms with Gasteiger partial charge in [-0.25, -0.2) is 0 Å². The number of nitrogens with zero attached hydrogens (tertiary/aromatic N) is 4. The van der Waals surface area contributed by atoms with Crippen LogP contribution in [0.1, 0.15) is 5.56 Å². The Labute approximate surface area is 168 Å². The van der Waals surface area contributed by atoms with Crippen LogP contribution in [0.5, 0.6) is 12.0 Å². The molecule has 0 aliphatic carbocycles. The lowest BCUT2D eigenvalue weighted by Crippen LogP contribution is -2.09. The molecule has 0 unspecified atom stereocenters. The zero-order chi connectivity index (χ0) is 18.7. The molecule has 0 saturated carbocycles. The lowest BCUT2D eigenvalue weighted by molar-refractivity contribution is 0.141. The highest BCUT2D eigenvalue weighted by atomic mass is 127. The quantitative estimate of drug-likeness (QED) is 0.403. The first-order chi connectivity index (χ1) is 12.5. The summed E-state index contributed by atoms with van der Waals surface area (Å²) in [6, 6.07) is 6.38. The predicted molar refractivity (Wildman–Crippen MR) is 107 cm³/mol. The third-order valence-electron chi connectivity index (χ3n) is 3.59. The second-order valence-corrected chi connectivity index (χ2v) is 6.91. The van der Waals surface area contributed by atoms with Crippen LogP contribution < -0.4 is 15.2 Å². The largest absolute Gasteiger partial charge is 0.468 e. The van der Waals surface area contributed by atoms with Crippen molar-refractivity contribution in [2.45, 2.75) is 6.54 Å². The van der Waals surface area contributed by atoms with Gasteiger partial charge in [-0.1, -0.05) is 17.7 Å². The van der Waals surface area contributed by atoms with Crippen molar-refractivity contribution in [2.75, 3.05) is 33.2 Å². The summed E-state index contributed by atoms with van der Waals surface area (Å²) in [5.41, 5.74) is 7.98. The molecule has 26 heavy (non-hydrogen) atoms. The molecule has 0 spiro atoms. The molecule has 0 aliphatic heterocycles. The number of methoxy groups -OCH3 is 2. The molecular weight excluding hydrogens is 473 g/mol. The molecule has 0 atom stereocenters. The van der Waals surface area contributed by atoms with Crippen molar-refractivity contribution in [2.24, 2.45) is 0 Å². The molecule has 10 heteroatoms. The number of hydrogen-bond donors (Lipinski definition) is 1. The monoisotopic (exact) mass is 489 g/mol. The van der Waals surface area contributed by atoms with E-state index in [-0.39, 0.29) is 11.8 Å². The zero-order valence-electron chi connectivity index (χ0n) is 14.2. The van der Waals surface area contributed by atoms with E-state index < -0.39 is 0 Å². The number of rotatable bonds is 7. The molecule has 0 bridgehead atoms. The number of nitrogens with two attached hydrogens (primary N) is 1. The summed E-state index contributed by atoms with van der Waals surface area (Å²) in [6.45, 7) is 1.20. The predicted octanol–water partition coefficient (Wildman–Crippen LogP) is 2.75. The Morgan fingerprint density at radius 1 is 1.19 bits per heavy atom. The molecule has 138 valence electrons. The molecule has 3 rings (SSSR count). The number of anilines is 1. The summed E-state index contributed by atoms with van der Waals surface area (Å²) in [7, 11) is 3.13. The van der Waals surface area contributed by atoms with Crippen LogP contribution in [0.15, 0.2) is 18.2 Å². The molecule has 0 amide bonds. The molecule has 0 fully saturated rings. The van der Waals surface area contributed by atoms with Gasteiger partial charge in [-0.2, -0.15) is 15.0 Å². The first-order valence-corrected chi connectivity index (χ1v) is 9.12. The fourth-order valence-electron chi connectivity index (χ4n) is 2.38. The molecular formula is C16H17ClIN5O3. The third-order valence-corrected chi connectivity index (χ3v) is 5.16. The van der Waals surface area contributed by atoms with Gasteiger partial charge in [0.2, 0.25) is 0 Å². The van der Waals surface area contributed by atoms with Crippen LogP contribution in [-0.2, 0) is 11.3 Å². The van der Waals surface area contributed by atoms with Crippen LogP contribution in [-0.4, -0.2) is 47.0 Å². The Morgan fingerprint density at radius 2 is 2.00 bits per heavy atom. The summed E-state index contributed by atoms with van der Waals surface area (Å²) in [6.07, 6.45) is 0. The minimum atomic E-state index is 0.163. The van der Waals surface area contributed by atoms with E-state index in [9.17, 15) is 0 Å². The van der Waals surface area contributed by atoms with Gasteiger partial charge in [-0.3, -0.25) is 4.57 Å². The molecule has 1 aromatic carbocycles. The van der Waals surface area contributed by atoms with Gasteiger partial charge in [-0.05, 0) is 40.3 Å². The molecule has 0 aliphatic rings. The number of halogens is 2. The van der Waals surface area contributed by atoms with Gasteiger partial charge in [0, 0.05) is 10.7 Å². The molecule has 0 radical (unpaired) electrons. The first-order valence-electron chi connectivity index (χ1n) is 7.67. The van der Waals surface area contributed by atoms with Gasteiger partial charge in [0.15, 0.2) is 17.0 Å². The smallest absolute Gasteiger partial charge is 0.320 e. The minimum Gasteiger partial charge on any atom is -0.468 e. The molecule has 2 aromatic heterocycles. The zero-order valence-corrected chi connectivity index (χ0v) is 17.1. The molecule has 0 saturated heterocycles. The van der Waals surface area contributed by atoms with E-state index in [1.807, 2.05) is 18.2 Å². The highest BCUT2D eigenvalue weighted by molar-refractivity contribution is 14.1. The van der Waals surface area contributed by atoms with Gasteiger partial charge in [0.25, 0.3) is 6.01 Å². The Hall–Kier alpha value is -1.85. The summed E-state index contributed by atoms with van der Waals surface area (Å²) in [5, 5.41) is 0.684. The van der Waals surface area contributed by atoms with Gasteiger partial charge in [-0.15, -0.1) is 0 Å². The van der Waals surface area contributed by atoms with Crippen molar-refractivity contribution in [1.29, 1.82) is 0 Å². The lowest BCUT2D eigenvalue weighted by Gasteiger charge is -2.09. The number of imidazole rings is 1. The highest BCUT2D eigenvalue weighted by Gasteiger charge is 2.18. The van der Waals surface area contributed by atoms with Gasteiger partial charge in [0.1, 0.15) is 6.61 Å². The van der Waals surface area contributed by atoms with Crippen molar-refractivity contribution < 1.29 is 14.2 Å². The normalized spacial score (nSPS) is 11.1. The summed E-state index contributed by atoms with van der Waals surface area (Å²) >= 11 is 8.41. The van der Waals surface area contributed by atoms with Crippen molar-refractivity contribution in [1.82, 2.24) is 19.5 Å². The standard InChI is InChI=1S/C16H17ClIN5O3/c1-24-5-6-26-15-21-13(19)12-14(22-15)23(16(20-12)25-2)8-9-3-4-11(18)10(17)7-9/h3-4,7H,5-6,8H2,1-2H3,(H2,19,21,22). The van der Waals surface area contributed by atoms with Crippen LogP contribution in [0.4, 0.5) is 5.82 Å². The van der Waals surface area contributed by atoms with Crippen LogP contribution in [0, 0.1) is 3.57 Å². The van der Waals surface area contributed by atoms with Crippen molar-refractivity contribution in [3.63, 3.8) is 0 Å². The lowest BCUT2D eigenvalue weighted by atomic mass is 10.2. The second kappa shape index (κ2) is 8.23. The van der Waals surface area contributed by atoms with Gasteiger partial charge in [0.05, 0.1) is 25.3 Å². The molecule has 3 aromatic rings. The number of fused-ring (bicyclic) bond motifs is 1. The van der Waals surface area contributed by atoms with Crippen LogP contribution in [0.25, 0.3) is 11.2 Å². The second-order valence-electron chi connectivity index (χ2n) is 5.34. The van der Waals surface area contributed by atoms with Crippen LogP contribution in [0.2, 0.25) is 5.02 Å². The highest BCUT2D eigenvalue weighted by Crippen LogP contribution is 2.27. The van der Waals surface area contributed by atoms with E-state index in [1.54, 1.807) is 11.7 Å². The Bertz CT molecular complexity index is 934. The first kappa shape index (κ1) is 18.9. The van der Waals surface area contributed by atoms with Crippen molar-refractivity contribution in [3.8, 4) is 12.0 Å². The van der Waals surface area contributed by atoms with E-state index in [4.69, 9.17) is 31.5 Å². The van der Waals surface area contributed by atoms with Gasteiger partial charge >= 0.3 is 6.01 Å². The number of ether oxygens (including phenoxy) is 3. The van der Waals surface area contributed by atoms with Crippen LogP contribution in [0.3, 0.4) is 0 Å². The number of aromatic nitrogens is 4. The van der Waals surface area contributed by atoms with E-state index in [0.717, 1.165) is 9.13 Å². The molecule has 2 N–H and O–H groups in total. The van der Waals surface area contributed by atoms with Gasteiger partial charge < -0.3 is 19.9 Å². The average molecular weight is 490 g/mol. The van der Waals surface area contributed by atoms with E-state index in [0.29, 0.717) is 42.0 Å².